The van der Waals surface area contributed by atoms with E-state index in [-0.39, 0.29) is 18.1 Å². The Morgan fingerprint density at radius 3 is 2.70 bits per heavy atom. The summed E-state index contributed by atoms with van der Waals surface area (Å²) in [4.78, 5) is 14.5. The lowest BCUT2D eigenvalue weighted by molar-refractivity contribution is -0.130. The van der Waals surface area contributed by atoms with E-state index in [1.807, 2.05) is 4.90 Å². The fraction of sp³-hybridized carbons (Fsp3) is 0.588. The second-order valence-corrected chi connectivity index (χ2v) is 6.16. The number of benzene rings is 1. The van der Waals surface area contributed by atoms with Crippen molar-refractivity contribution >= 4 is 5.91 Å². The Balaban J connectivity index is 2.21. The summed E-state index contributed by atoms with van der Waals surface area (Å²) in [6.45, 7) is 9.39. The summed E-state index contributed by atoms with van der Waals surface area (Å²) in [6, 6.07) is 8.41. The van der Waals surface area contributed by atoms with Gasteiger partial charge in [-0.3, -0.25) is 10.1 Å². The fourth-order valence-corrected chi connectivity index (χ4v) is 2.72. The molecule has 0 radical (unpaired) electrons. The first-order valence-electron chi connectivity index (χ1n) is 7.66. The molecule has 0 aliphatic carbocycles. The number of aryl methyl sites for hydroxylation is 1. The average molecular weight is 274 g/mol. The molecule has 0 bridgehead atoms. The van der Waals surface area contributed by atoms with Gasteiger partial charge < -0.3 is 4.90 Å². The van der Waals surface area contributed by atoms with Crippen molar-refractivity contribution in [2.24, 2.45) is 5.92 Å². The summed E-state index contributed by atoms with van der Waals surface area (Å²) in [5, 5.41) is 3.48. The van der Waals surface area contributed by atoms with E-state index >= 15 is 0 Å². The molecule has 1 N–H and O–H groups in total. The zero-order chi connectivity index (χ0) is 14.7. The minimum Gasteiger partial charge on any atom is -0.322 e. The van der Waals surface area contributed by atoms with Crippen LogP contribution < -0.4 is 5.32 Å². The molecular weight excluding hydrogens is 248 g/mol. The Kier molecular flexibility index (Phi) is 4.81. The number of hydrogen-bond acceptors (Lipinski definition) is 2. The number of rotatable bonds is 5. The maximum absolute atomic E-state index is 12.5. The Morgan fingerprint density at radius 2 is 2.10 bits per heavy atom. The number of nitrogens with zero attached hydrogens (tertiary/aromatic N) is 1. The van der Waals surface area contributed by atoms with E-state index in [1.54, 1.807) is 0 Å². The van der Waals surface area contributed by atoms with Gasteiger partial charge in [-0.2, -0.15) is 0 Å². The summed E-state index contributed by atoms with van der Waals surface area (Å²) in [5.41, 5.74) is 2.43. The van der Waals surface area contributed by atoms with E-state index in [0.717, 1.165) is 19.4 Å². The maximum atomic E-state index is 12.5. The van der Waals surface area contributed by atoms with Crippen molar-refractivity contribution in [2.45, 2.75) is 52.7 Å². The van der Waals surface area contributed by atoms with Crippen LogP contribution >= 0.6 is 0 Å². The molecule has 1 fully saturated rings. The average Bonchev–Trinajstić information content (AvgIpc) is 2.73. The summed E-state index contributed by atoms with van der Waals surface area (Å²) in [5.74, 6) is 0.862. The first kappa shape index (κ1) is 15.0. The highest BCUT2D eigenvalue weighted by Gasteiger charge is 2.38. The van der Waals surface area contributed by atoms with Crippen LogP contribution in [0.4, 0.5) is 0 Å². The minimum atomic E-state index is -0.0346. The molecule has 1 aromatic carbocycles. The SMILES string of the molecule is CCC1NC(c2cccc(C)c2)N(CCC(C)C)C1=O. The summed E-state index contributed by atoms with van der Waals surface area (Å²) in [6.07, 6.45) is 1.93. The Hall–Kier alpha value is -1.35. The molecule has 20 heavy (non-hydrogen) atoms. The molecule has 1 amide bonds. The van der Waals surface area contributed by atoms with Gasteiger partial charge in [0.05, 0.1) is 6.04 Å². The van der Waals surface area contributed by atoms with Crippen LogP contribution in [0.15, 0.2) is 24.3 Å². The normalized spacial score (nSPS) is 22.9. The van der Waals surface area contributed by atoms with Crippen molar-refractivity contribution in [1.29, 1.82) is 0 Å². The first-order chi connectivity index (χ1) is 9.52. The molecule has 1 aliphatic rings. The van der Waals surface area contributed by atoms with Gasteiger partial charge in [0.25, 0.3) is 0 Å². The van der Waals surface area contributed by atoms with Gasteiger partial charge in [-0.1, -0.05) is 50.6 Å². The number of hydrogen-bond donors (Lipinski definition) is 1. The van der Waals surface area contributed by atoms with E-state index in [2.05, 4.69) is 57.3 Å². The Bertz CT molecular complexity index is 470. The van der Waals surface area contributed by atoms with Crippen LogP contribution in [0.3, 0.4) is 0 Å². The van der Waals surface area contributed by atoms with Crippen molar-refractivity contribution in [1.82, 2.24) is 10.2 Å². The lowest BCUT2D eigenvalue weighted by atomic mass is 10.1. The van der Waals surface area contributed by atoms with Gasteiger partial charge in [0.15, 0.2) is 0 Å². The van der Waals surface area contributed by atoms with Crippen molar-refractivity contribution in [3.05, 3.63) is 35.4 Å². The van der Waals surface area contributed by atoms with Crippen LogP contribution in [0.2, 0.25) is 0 Å². The van der Waals surface area contributed by atoms with Crippen LogP contribution in [0.1, 0.15) is 50.9 Å². The molecular formula is C17H26N2O. The maximum Gasteiger partial charge on any atom is 0.241 e. The third-order valence-electron chi connectivity index (χ3n) is 3.97. The van der Waals surface area contributed by atoms with Crippen molar-refractivity contribution in [3.63, 3.8) is 0 Å². The zero-order valence-corrected chi connectivity index (χ0v) is 13.0. The number of carbonyl (C=O) groups excluding carboxylic acids is 1. The molecule has 1 aliphatic heterocycles. The lowest BCUT2D eigenvalue weighted by Crippen LogP contribution is -2.32. The lowest BCUT2D eigenvalue weighted by Gasteiger charge is -2.25. The van der Waals surface area contributed by atoms with Crippen LogP contribution in [-0.2, 0) is 4.79 Å². The first-order valence-corrected chi connectivity index (χ1v) is 7.66. The molecule has 1 heterocycles. The Labute approximate surface area is 122 Å². The van der Waals surface area contributed by atoms with Crippen molar-refractivity contribution < 1.29 is 4.79 Å². The number of nitrogens with one attached hydrogen (secondary N) is 1. The summed E-state index contributed by atoms with van der Waals surface area (Å²) >= 11 is 0. The predicted octanol–water partition coefficient (Wildman–Crippen LogP) is 3.25. The minimum absolute atomic E-state index is 0.0334. The topological polar surface area (TPSA) is 32.3 Å². The second kappa shape index (κ2) is 6.40. The monoisotopic (exact) mass is 274 g/mol. The quantitative estimate of drug-likeness (QED) is 0.894. The highest BCUT2D eigenvalue weighted by molar-refractivity contribution is 5.84. The molecule has 2 unspecified atom stereocenters. The van der Waals surface area contributed by atoms with Gasteiger partial charge in [0, 0.05) is 6.54 Å². The third-order valence-corrected chi connectivity index (χ3v) is 3.97. The molecule has 1 aromatic rings. The predicted molar refractivity (Wildman–Crippen MR) is 82.3 cm³/mol. The van der Waals surface area contributed by atoms with Crippen LogP contribution in [0.25, 0.3) is 0 Å². The van der Waals surface area contributed by atoms with E-state index in [0.29, 0.717) is 5.92 Å². The van der Waals surface area contributed by atoms with Crippen molar-refractivity contribution in [2.75, 3.05) is 6.54 Å². The van der Waals surface area contributed by atoms with Crippen LogP contribution in [-0.4, -0.2) is 23.4 Å². The highest BCUT2D eigenvalue weighted by Crippen LogP contribution is 2.27. The van der Waals surface area contributed by atoms with E-state index in [4.69, 9.17) is 0 Å². The van der Waals surface area contributed by atoms with Gasteiger partial charge in [-0.05, 0) is 31.2 Å². The number of carbonyl (C=O) groups is 1. The van der Waals surface area contributed by atoms with Gasteiger partial charge in [0.1, 0.15) is 6.17 Å². The fourth-order valence-electron chi connectivity index (χ4n) is 2.72. The molecule has 0 saturated carbocycles. The standard InChI is InChI=1S/C17H26N2O/c1-5-15-17(20)19(10-9-12(2)3)16(18-15)14-8-6-7-13(4)11-14/h6-8,11-12,15-16,18H,5,9-10H2,1-4H3. The van der Waals surface area contributed by atoms with E-state index in [1.165, 1.54) is 11.1 Å². The molecule has 1 saturated heterocycles. The van der Waals surface area contributed by atoms with Gasteiger partial charge >= 0.3 is 0 Å². The summed E-state index contributed by atoms with van der Waals surface area (Å²) in [7, 11) is 0. The van der Waals surface area contributed by atoms with Gasteiger partial charge in [-0.25, -0.2) is 0 Å². The molecule has 3 heteroatoms. The van der Waals surface area contributed by atoms with Crippen molar-refractivity contribution in [3.8, 4) is 0 Å². The number of amides is 1. The van der Waals surface area contributed by atoms with Gasteiger partial charge in [-0.15, -0.1) is 0 Å². The Morgan fingerprint density at radius 1 is 1.35 bits per heavy atom. The zero-order valence-electron chi connectivity index (χ0n) is 13.0. The molecule has 2 atom stereocenters. The van der Waals surface area contributed by atoms with Crippen LogP contribution in [0, 0.1) is 12.8 Å². The van der Waals surface area contributed by atoms with E-state index in [9.17, 15) is 4.79 Å². The smallest absolute Gasteiger partial charge is 0.241 e. The highest BCUT2D eigenvalue weighted by atomic mass is 16.2. The molecule has 110 valence electrons. The van der Waals surface area contributed by atoms with Gasteiger partial charge in [0.2, 0.25) is 5.91 Å². The van der Waals surface area contributed by atoms with Crippen LogP contribution in [0.5, 0.6) is 0 Å². The third kappa shape index (κ3) is 3.21. The largest absolute Gasteiger partial charge is 0.322 e. The van der Waals surface area contributed by atoms with E-state index < -0.39 is 0 Å². The second-order valence-electron chi connectivity index (χ2n) is 6.16. The summed E-state index contributed by atoms with van der Waals surface area (Å²) < 4.78 is 0. The molecule has 2 rings (SSSR count). The molecule has 0 aromatic heterocycles. The molecule has 0 spiro atoms. The molecule has 3 nitrogen and oxygen atoms in total.